The maximum atomic E-state index is 6.35. The van der Waals surface area contributed by atoms with E-state index in [2.05, 4.69) is 127 Å². The van der Waals surface area contributed by atoms with Crippen molar-refractivity contribution in [1.29, 1.82) is 0 Å². The molecule has 2 heteroatoms. The van der Waals surface area contributed by atoms with E-state index in [-0.39, 0.29) is 14.5 Å². The van der Waals surface area contributed by atoms with Gasteiger partial charge < -0.3 is 0 Å². The molecular weight excluding hydrogens is 539 g/mol. The van der Waals surface area contributed by atoms with Gasteiger partial charge in [0.15, 0.2) is 0 Å². The maximum absolute atomic E-state index is 6.35. The molecule has 0 spiro atoms. The Bertz CT molecular complexity index is 1570. The van der Waals surface area contributed by atoms with Crippen LogP contribution in [0.2, 0.25) is 0 Å². The Kier molecular flexibility index (Phi) is 7.59. The van der Waals surface area contributed by atoms with E-state index in [9.17, 15) is 0 Å². The van der Waals surface area contributed by atoms with Crippen molar-refractivity contribution < 1.29 is 4.74 Å². The van der Waals surface area contributed by atoms with Gasteiger partial charge in [-0.3, -0.25) is 0 Å². The molecule has 0 saturated heterocycles. The Morgan fingerprint density at radius 1 is 0.487 bits per heavy atom. The van der Waals surface area contributed by atoms with Gasteiger partial charge in [-0.05, 0) is 0 Å². The van der Waals surface area contributed by atoms with Crippen molar-refractivity contribution in [2.75, 3.05) is 0 Å². The van der Waals surface area contributed by atoms with E-state index in [0.29, 0.717) is 0 Å². The van der Waals surface area contributed by atoms with Gasteiger partial charge in [-0.25, -0.2) is 0 Å². The third-order valence-electron chi connectivity index (χ3n) is 6.44. The minimum absolute atomic E-state index is 0.236. The van der Waals surface area contributed by atoms with Gasteiger partial charge in [-0.2, -0.15) is 0 Å². The van der Waals surface area contributed by atoms with Crippen LogP contribution in [0, 0.1) is 0 Å². The topological polar surface area (TPSA) is 9.23 Å². The summed E-state index contributed by atoms with van der Waals surface area (Å²) in [5.74, 6) is 1.70. The predicted molar refractivity (Wildman–Crippen MR) is 166 cm³/mol. The molecule has 1 nitrogen and oxygen atoms in total. The van der Waals surface area contributed by atoms with Gasteiger partial charge in [0, 0.05) is 0 Å². The summed E-state index contributed by atoms with van der Waals surface area (Å²) in [6, 6.07) is 46.6. The van der Waals surface area contributed by atoms with Crippen molar-refractivity contribution in [1.82, 2.24) is 0 Å². The second-order valence-corrected chi connectivity index (χ2v) is 11.5. The zero-order valence-electron chi connectivity index (χ0n) is 21.4. The van der Waals surface area contributed by atoms with Crippen molar-refractivity contribution >= 4 is 32.1 Å². The zero-order chi connectivity index (χ0) is 26.3. The van der Waals surface area contributed by atoms with E-state index in [1.165, 1.54) is 25.6 Å². The molecule has 0 saturated carbocycles. The van der Waals surface area contributed by atoms with E-state index in [1.54, 1.807) is 0 Å². The van der Waals surface area contributed by atoms with Crippen LogP contribution in [0.15, 0.2) is 163 Å². The average molecular weight is 567 g/mol. The molecule has 0 fully saturated rings. The first-order valence-corrected chi connectivity index (χ1v) is 14.7. The molecule has 186 valence electrons. The number of benzene rings is 4. The SMILES string of the molecule is C(/C=C/c1cc(-c2ccccc2)[se+]c(-c2ccccc2)c1)=C1C=C(c2ccccc2)OC(c2ccccc2)=C1. The van der Waals surface area contributed by atoms with Crippen LogP contribution < -0.4 is 0 Å². The van der Waals surface area contributed by atoms with Crippen molar-refractivity contribution in [3.8, 4) is 20.0 Å². The molecule has 1 aliphatic heterocycles. The second-order valence-electron chi connectivity index (χ2n) is 9.23. The van der Waals surface area contributed by atoms with Crippen LogP contribution in [-0.2, 0) is 4.74 Å². The summed E-state index contributed by atoms with van der Waals surface area (Å²) in [6.45, 7) is 0. The molecule has 0 radical (unpaired) electrons. The summed E-state index contributed by atoms with van der Waals surface area (Å²) in [6.07, 6.45) is 10.7. The van der Waals surface area contributed by atoms with Gasteiger partial charge in [-0.15, -0.1) is 0 Å². The number of hydrogen-bond acceptors (Lipinski definition) is 1. The fourth-order valence-corrected chi connectivity index (χ4v) is 6.87. The first-order valence-electron chi connectivity index (χ1n) is 13.0. The van der Waals surface area contributed by atoms with Gasteiger partial charge in [0.1, 0.15) is 0 Å². The normalized spacial score (nSPS) is 13.0. The Labute approximate surface area is 236 Å². The number of ether oxygens (including phenoxy) is 1. The van der Waals surface area contributed by atoms with Crippen LogP contribution in [0.3, 0.4) is 0 Å². The fourth-order valence-electron chi connectivity index (χ4n) is 4.49. The first-order chi connectivity index (χ1) is 19.3. The van der Waals surface area contributed by atoms with E-state index in [1.807, 2.05) is 36.4 Å². The fraction of sp³-hybridized carbons (Fsp3) is 0. The molecule has 5 aromatic rings. The van der Waals surface area contributed by atoms with Crippen molar-refractivity contribution in [2.45, 2.75) is 0 Å². The van der Waals surface area contributed by atoms with Crippen LogP contribution in [0.5, 0.6) is 0 Å². The molecule has 0 bridgehead atoms. The molecule has 1 aliphatic rings. The summed E-state index contributed by atoms with van der Waals surface area (Å²) >= 11 is 0.236. The third-order valence-corrected chi connectivity index (χ3v) is 8.85. The molecule has 0 unspecified atom stereocenters. The van der Waals surface area contributed by atoms with E-state index in [4.69, 9.17) is 4.74 Å². The van der Waals surface area contributed by atoms with Crippen molar-refractivity contribution in [3.05, 3.63) is 180 Å². The van der Waals surface area contributed by atoms with E-state index >= 15 is 0 Å². The molecular formula is C37H27OSe+. The number of rotatable bonds is 6. The minimum atomic E-state index is 0.236. The van der Waals surface area contributed by atoms with Crippen molar-refractivity contribution in [2.24, 2.45) is 0 Å². The Morgan fingerprint density at radius 3 is 1.33 bits per heavy atom. The molecule has 0 atom stereocenters. The van der Waals surface area contributed by atoms with Crippen LogP contribution in [0.4, 0.5) is 0 Å². The van der Waals surface area contributed by atoms with Gasteiger partial charge >= 0.3 is 225 Å². The van der Waals surface area contributed by atoms with Crippen molar-refractivity contribution in [3.63, 3.8) is 0 Å². The number of allylic oxidation sites excluding steroid dienone is 5. The molecule has 39 heavy (non-hydrogen) atoms. The van der Waals surface area contributed by atoms with E-state index < -0.39 is 0 Å². The van der Waals surface area contributed by atoms with Crippen LogP contribution >= 0.6 is 0 Å². The first kappa shape index (κ1) is 24.8. The molecule has 2 heterocycles. The Hall–Kier alpha value is -4.49. The number of hydrogen-bond donors (Lipinski definition) is 0. The molecule has 0 N–H and O–H groups in total. The zero-order valence-corrected chi connectivity index (χ0v) is 23.1. The quantitative estimate of drug-likeness (QED) is 0.186. The second kappa shape index (κ2) is 11.9. The molecule has 4 aromatic carbocycles. The average Bonchev–Trinajstić information content (AvgIpc) is 3.02. The van der Waals surface area contributed by atoms with Crippen LogP contribution in [0.1, 0.15) is 16.7 Å². The van der Waals surface area contributed by atoms with Crippen LogP contribution in [0.25, 0.3) is 37.6 Å². The van der Waals surface area contributed by atoms with Gasteiger partial charge in [-0.1, -0.05) is 12.1 Å². The van der Waals surface area contributed by atoms with Gasteiger partial charge in [0.05, 0.1) is 0 Å². The standard InChI is InChI=1S/C37H27OSe/c1-5-16-30(17-6-1)34-24-28(25-35(38-34)31-18-7-2-8-19-31)14-13-15-29-26-36(32-20-9-3-10-21-32)39-37(27-29)33-22-11-4-12-23-33/h1-27H/q+1/b15-13+. The summed E-state index contributed by atoms with van der Waals surface area (Å²) in [7, 11) is 0. The van der Waals surface area contributed by atoms with E-state index in [0.717, 1.165) is 28.2 Å². The molecule has 6 rings (SSSR count). The third kappa shape index (κ3) is 6.16. The molecule has 1 aromatic heterocycles. The monoisotopic (exact) mass is 567 g/mol. The van der Waals surface area contributed by atoms with Gasteiger partial charge in [0.2, 0.25) is 0 Å². The molecule has 0 aliphatic carbocycles. The Balaban J connectivity index is 1.37. The summed E-state index contributed by atoms with van der Waals surface area (Å²) in [5.41, 5.74) is 6.99. The Morgan fingerprint density at radius 2 is 0.897 bits per heavy atom. The summed E-state index contributed by atoms with van der Waals surface area (Å²) in [5, 5.41) is 0. The summed E-state index contributed by atoms with van der Waals surface area (Å²) < 4.78 is 9.12. The molecule has 0 amide bonds. The predicted octanol–water partition coefficient (Wildman–Crippen LogP) is 9.41. The van der Waals surface area contributed by atoms with Gasteiger partial charge in [0.25, 0.3) is 0 Å². The summed E-state index contributed by atoms with van der Waals surface area (Å²) in [4.78, 5) is 0. The van der Waals surface area contributed by atoms with Crippen LogP contribution in [-0.4, -0.2) is 14.5 Å².